The number of H-pyrrole nitrogens is 1. The maximum absolute atomic E-state index is 12.5. The number of halogens is 1. The summed E-state index contributed by atoms with van der Waals surface area (Å²) >= 11 is 2.26. The molecule has 4 nitrogen and oxygen atoms in total. The molecule has 2 aromatic heterocycles. The summed E-state index contributed by atoms with van der Waals surface area (Å²) in [5, 5.41) is 3.12. The SMILES string of the molecule is Cc1[nH]n2c(=O)cc(-c3cccc(I)c3)nc2c1-c1ccccc1. The lowest BCUT2D eigenvalue weighted by Crippen LogP contribution is -2.14. The fourth-order valence-electron chi connectivity index (χ4n) is 2.90. The predicted molar refractivity (Wildman–Crippen MR) is 104 cm³/mol. The van der Waals surface area contributed by atoms with Gasteiger partial charge in [-0.05, 0) is 47.2 Å². The third kappa shape index (κ3) is 2.54. The second-order valence-electron chi connectivity index (χ2n) is 5.63. The van der Waals surface area contributed by atoms with E-state index in [2.05, 4.69) is 27.7 Å². The van der Waals surface area contributed by atoms with Gasteiger partial charge in [-0.3, -0.25) is 9.89 Å². The van der Waals surface area contributed by atoms with E-state index in [4.69, 9.17) is 4.98 Å². The van der Waals surface area contributed by atoms with Crippen LogP contribution in [0.1, 0.15) is 5.69 Å². The highest BCUT2D eigenvalue weighted by Crippen LogP contribution is 2.27. The molecule has 1 N–H and O–H groups in total. The number of hydrogen-bond acceptors (Lipinski definition) is 2. The zero-order valence-electron chi connectivity index (χ0n) is 13.0. The van der Waals surface area contributed by atoms with E-state index in [1.54, 1.807) is 6.07 Å². The van der Waals surface area contributed by atoms with E-state index >= 15 is 0 Å². The highest BCUT2D eigenvalue weighted by atomic mass is 127. The van der Waals surface area contributed by atoms with Crippen LogP contribution in [-0.2, 0) is 0 Å². The van der Waals surface area contributed by atoms with Crippen molar-refractivity contribution in [3.05, 3.63) is 80.3 Å². The fourth-order valence-corrected chi connectivity index (χ4v) is 3.44. The lowest BCUT2D eigenvalue weighted by Gasteiger charge is -2.04. The molecule has 0 bridgehead atoms. The Morgan fingerprint density at radius 3 is 2.50 bits per heavy atom. The molecule has 24 heavy (non-hydrogen) atoms. The number of fused-ring (bicyclic) bond motifs is 1. The molecule has 4 rings (SSSR count). The first kappa shape index (κ1) is 15.1. The van der Waals surface area contributed by atoms with Gasteiger partial charge in [-0.15, -0.1) is 0 Å². The number of hydrogen-bond donors (Lipinski definition) is 1. The minimum atomic E-state index is -0.112. The average molecular weight is 427 g/mol. The first-order chi connectivity index (χ1) is 11.6. The number of aromatic nitrogens is 3. The Bertz CT molecular complexity index is 1100. The van der Waals surface area contributed by atoms with E-state index in [1.807, 2.05) is 61.5 Å². The third-order valence-electron chi connectivity index (χ3n) is 3.98. The van der Waals surface area contributed by atoms with Crippen LogP contribution in [0.2, 0.25) is 0 Å². The lowest BCUT2D eigenvalue weighted by atomic mass is 10.1. The van der Waals surface area contributed by atoms with Crippen LogP contribution in [0.3, 0.4) is 0 Å². The minimum Gasteiger partial charge on any atom is -0.293 e. The highest BCUT2D eigenvalue weighted by molar-refractivity contribution is 14.1. The predicted octanol–water partition coefficient (Wildman–Crippen LogP) is 4.27. The number of rotatable bonds is 2. The molecule has 0 unspecified atom stereocenters. The van der Waals surface area contributed by atoms with Crippen LogP contribution in [-0.4, -0.2) is 14.6 Å². The maximum atomic E-state index is 12.5. The van der Waals surface area contributed by atoms with Crippen LogP contribution in [0, 0.1) is 10.5 Å². The largest absolute Gasteiger partial charge is 0.293 e. The monoisotopic (exact) mass is 427 g/mol. The maximum Gasteiger partial charge on any atom is 0.273 e. The van der Waals surface area contributed by atoms with Crippen molar-refractivity contribution < 1.29 is 0 Å². The average Bonchev–Trinajstić information content (AvgIpc) is 2.92. The van der Waals surface area contributed by atoms with Crippen molar-refractivity contribution in [2.75, 3.05) is 0 Å². The van der Waals surface area contributed by atoms with Crippen LogP contribution >= 0.6 is 22.6 Å². The molecular weight excluding hydrogens is 413 g/mol. The van der Waals surface area contributed by atoms with E-state index in [1.165, 1.54) is 4.52 Å². The molecule has 0 atom stereocenters. The quantitative estimate of drug-likeness (QED) is 0.486. The Morgan fingerprint density at radius 1 is 1.00 bits per heavy atom. The molecule has 0 amide bonds. The second kappa shape index (κ2) is 5.90. The second-order valence-corrected chi connectivity index (χ2v) is 6.87. The van der Waals surface area contributed by atoms with Crippen molar-refractivity contribution in [1.29, 1.82) is 0 Å². The van der Waals surface area contributed by atoms with Crippen LogP contribution in [0.4, 0.5) is 0 Å². The molecule has 0 saturated carbocycles. The van der Waals surface area contributed by atoms with Crippen LogP contribution in [0.25, 0.3) is 28.0 Å². The molecule has 118 valence electrons. The summed E-state index contributed by atoms with van der Waals surface area (Å²) in [5.41, 5.74) is 5.10. The van der Waals surface area contributed by atoms with Crippen LogP contribution in [0.5, 0.6) is 0 Å². The van der Waals surface area contributed by atoms with Crippen molar-refractivity contribution in [3.63, 3.8) is 0 Å². The first-order valence-electron chi connectivity index (χ1n) is 7.57. The summed E-state index contributed by atoms with van der Waals surface area (Å²) in [6.07, 6.45) is 0. The summed E-state index contributed by atoms with van der Waals surface area (Å²) in [6, 6.07) is 19.6. The number of nitrogens with one attached hydrogen (secondary N) is 1. The number of aromatic amines is 1. The Kier molecular flexibility index (Phi) is 3.72. The van der Waals surface area contributed by atoms with E-state index < -0.39 is 0 Å². The molecule has 0 aliphatic rings. The third-order valence-corrected chi connectivity index (χ3v) is 4.65. The van der Waals surface area contributed by atoms with Gasteiger partial charge in [0.15, 0.2) is 5.65 Å². The molecule has 5 heteroatoms. The van der Waals surface area contributed by atoms with Crippen molar-refractivity contribution in [1.82, 2.24) is 14.6 Å². The zero-order chi connectivity index (χ0) is 16.7. The topological polar surface area (TPSA) is 50.2 Å². The number of nitrogens with zero attached hydrogens (tertiary/aromatic N) is 2. The van der Waals surface area contributed by atoms with E-state index in [0.29, 0.717) is 11.3 Å². The standard InChI is InChI=1S/C19H14IN3O/c1-12-18(13-6-3-2-4-7-13)19-21-16(11-17(24)23(19)22-12)14-8-5-9-15(20)10-14/h2-11,22H,1H3. The van der Waals surface area contributed by atoms with Gasteiger partial charge in [0, 0.05) is 26.5 Å². The Hall–Kier alpha value is -2.41. The summed E-state index contributed by atoms with van der Waals surface area (Å²) in [5.74, 6) is 0. The molecule has 2 heterocycles. The number of benzene rings is 2. The molecular formula is C19H14IN3O. The summed E-state index contributed by atoms with van der Waals surface area (Å²) in [7, 11) is 0. The fraction of sp³-hybridized carbons (Fsp3) is 0.0526. The van der Waals surface area contributed by atoms with Crippen molar-refractivity contribution in [2.24, 2.45) is 0 Å². The van der Waals surface area contributed by atoms with Gasteiger partial charge in [0.05, 0.1) is 5.69 Å². The number of aryl methyl sites for hydroxylation is 1. The Labute approximate surface area is 152 Å². The van der Waals surface area contributed by atoms with E-state index in [0.717, 1.165) is 26.0 Å². The Balaban J connectivity index is 2.02. The van der Waals surface area contributed by atoms with Gasteiger partial charge in [-0.25, -0.2) is 9.50 Å². The van der Waals surface area contributed by atoms with Crippen molar-refractivity contribution in [2.45, 2.75) is 6.92 Å². The summed E-state index contributed by atoms with van der Waals surface area (Å²) < 4.78 is 2.62. The molecule has 0 saturated heterocycles. The first-order valence-corrected chi connectivity index (χ1v) is 8.65. The Morgan fingerprint density at radius 2 is 1.75 bits per heavy atom. The minimum absolute atomic E-state index is 0.112. The van der Waals surface area contributed by atoms with E-state index in [-0.39, 0.29) is 5.56 Å². The molecule has 0 spiro atoms. The molecule has 0 aliphatic carbocycles. The molecule has 2 aromatic carbocycles. The van der Waals surface area contributed by atoms with Crippen molar-refractivity contribution in [3.8, 4) is 22.4 Å². The van der Waals surface area contributed by atoms with Gasteiger partial charge in [0.25, 0.3) is 5.56 Å². The van der Waals surface area contributed by atoms with E-state index in [9.17, 15) is 4.79 Å². The van der Waals surface area contributed by atoms with Crippen LogP contribution < -0.4 is 5.56 Å². The van der Waals surface area contributed by atoms with Gasteiger partial charge in [0.2, 0.25) is 0 Å². The van der Waals surface area contributed by atoms with Gasteiger partial charge in [-0.2, -0.15) is 0 Å². The molecule has 0 fully saturated rings. The van der Waals surface area contributed by atoms with Gasteiger partial charge in [0.1, 0.15) is 0 Å². The summed E-state index contributed by atoms with van der Waals surface area (Å²) in [6.45, 7) is 1.96. The van der Waals surface area contributed by atoms with Crippen LogP contribution in [0.15, 0.2) is 65.5 Å². The highest BCUT2D eigenvalue weighted by Gasteiger charge is 2.15. The normalized spacial score (nSPS) is 11.1. The molecule has 4 aromatic rings. The van der Waals surface area contributed by atoms with Crippen molar-refractivity contribution >= 4 is 28.2 Å². The zero-order valence-corrected chi connectivity index (χ0v) is 15.1. The lowest BCUT2D eigenvalue weighted by molar-refractivity contribution is 0.882. The molecule has 0 radical (unpaired) electrons. The van der Waals surface area contributed by atoms with Gasteiger partial charge < -0.3 is 0 Å². The van der Waals surface area contributed by atoms with Gasteiger partial charge in [-0.1, -0.05) is 42.5 Å². The molecule has 0 aliphatic heterocycles. The smallest absolute Gasteiger partial charge is 0.273 e. The van der Waals surface area contributed by atoms with Gasteiger partial charge >= 0.3 is 0 Å². The summed E-state index contributed by atoms with van der Waals surface area (Å²) in [4.78, 5) is 17.3.